The predicted molar refractivity (Wildman–Crippen MR) is 147 cm³/mol. The molecule has 3 aromatic rings. The first-order chi connectivity index (χ1) is 19.2. The standard InChI is InChI=1S/C31H32N2O7/c1-4-18-7-6-8-19(5-2)27(18)33-28(36)24-25(29(33)37)31(30(38)39,16-17-9-12-21(34)13-10-17)32-26(24)20-11-14-22(35)23(15-20)40-3/h6-15,24-26,32,34-35H,4-5,16H2,1-3H3,(H,38,39). The van der Waals surface area contributed by atoms with Crippen LogP contribution in [0.1, 0.15) is 42.1 Å². The predicted octanol–water partition coefficient (Wildman–Crippen LogP) is 3.75. The number of aromatic hydroxyl groups is 2. The van der Waals surface area contributed by atoms with Gasteiger partial charge in [-0.05, 0) is 59.4 Å². The van der Waals surface area contributed by atoms with Crippen molar-refractivity contribution in [2.24, 2.45) is 11.8 Å². The SMILES string of the molecule is CCc1cccc(CC)c1N1C(=O)C2C(c3ccc(O)c(OC)c3)NC(Cc3ccc(O)cc3)(C(=O)O)C2C1=O. The lowest BCUT2D eigenvalue weighted by Gasteiger charge is -2.32. The van der Waals surface area contributed by atoms with Crippen molar-refractivity contribution in [2.75, 3.05) is 12.0 Å². The van der Waals surface area contributed by atoms with Gasteiger partial charge < -0.3 is 20.1 Å². The summed E-state index contributed by atoms with van der Waals surface area (Å²) in [6.07, 6.45) is 1.08. The molecule has 2 aliphatic rings. The second kappa shape index (κ2) is 10.3. The van der Waals surface area contributed by atoms with Gasteiger partial charge in [-0.2, -0.15) is 0 Å². The first kappa shape index (κ1) is 27.2. The number of rotatable bonds is 8. The summed E-state index contributed by atoms with van der Waals surface area (Å²) >= 11 is 0. The molecule has 2 heterocycles. The van der Waals surface area contributed by atoms with E-state index >= 15 is 0 Å². The number of benzene rings is 3. The number of hydrogen-bond donors (Lipinski definition) is 4. The van der Waals surface area contributed by atoms with Gasteiger partial charge >= 0.3 is 5.97 Å². The number of phenolic OH excluding ortho intramolecular Hbond substituents is 2. The number of aryl methyl sites for hydroxylation is 2. The maximum Gasteiger partial charge on any atom is 0.325 e. The molecule has 4 N–H and O–H groups in total. The first-order valence-corrected chi connectivity index (χ1v) is 13.3. The average molecular weight is 545 g/mol. The highest BCUT2D eigenvalue weighted by Gasteiger charge is 2.68. The van der Waals surface area contributed by atoms with E-state index in [1.807, 2.05) is 32.0 Å². The smallest absolute Gasteiger partial charge is 0.325 e. The van der Waals surface area contributed by atoms with Crippen molar-refractivity contribution in [2.45, 2.75) is 44.7 Å². The Labute approximate surface area is 232 Å². The van der Waals surface area contributed by atoms with Crippen LogP contribution in [0.2, 0.25) is 0 Å². The van der Waals surface area contributed by atoms with Gasteiger partial charge in [0.2, 0.25) is 11.8 Å². The van der Waals surface area contributed by atoms with Crippen molar-refractivity contribution in [3.8, 4) is 17.2 Å². The van der Waals surface area contributed by atoms with E-state index in [0.29, 0.717) is 29.7 Å². The van der Waals surface area contributed by atoms with Gasteiger partial charge in [-0.3, -0.25) is 19.7 Å². The van der Waals surface area contributed by atoms with Crippen LogP contribution >= 0.6 is 0 Å². The summed E-state index contributed by atoms with van der Waals surface area (Å²) in [5, 5.41) is 33.9. The Morgan fingerprint density at radius 3 is 2.20 bits per heavy atom. The van der Waals surface area contributed by atoms with Crippen LogP contribution in [-0.4, -0.2) is 45.8 Å². The van der Waals surface area contributed by atoms with Crippen molar-refractivity contribution in [3.05, 3.63) is 82.9 Å². The van der Waals surface area contributed by atoms with Gasteiger partial charge in [-0.1, -0.05) is 50.2 Å². The number of nitrogens with zero attached hydrogens (tertiary/aromatic N) is 1. The second-order valence-electron chi connectivity index (χ2n) is 10.3. The summed E-state index contributed by atoms with van der Waals surface area (Å²) in [7, 11) is 1.40. The lowest BCUT2D eigenvalue weighted by Crippen LogP contribution is -2.57. The Hall–Kier alpha value is -4.37. The van der Waals surface area contributed by atoms with Crippen molar-refractivity contribution >= 4 is 23.5 Å². The zero-order valence-electron chi connectivity index (χ0n) is 22.5. The van der Waals surface area contributed by atoms with Crippen molar-refractivity contribution in [1.29, 1.82) is 0 Å². The number of phenols is 2. The summed E-state index contributed by atoms with van der Waals surface area (Å²) < 4.78 is 5.28. The number of carbonyl (C=O) groups is 3. The van der Waals surface area contributed by atoms with E-state index in [9.17, 15) is 29.7 Å². The zero-order chi connectivity index (χ0) is 28.8. The fraction of sp³-hybridized carbons (Fsp3) is 0.323. The normalized spacial score (nSPS) is 23.9. The Kier molecular flexibility index (Phi) is 7.01. The molecule has 9 heteroatoms. The third kappa shape index (κ3) is 4.17. The molecule has 0 bridgehead atoms. The first-order valence-electron chi connectivity index (χ1n) is 13.3. The van der Waals surface area contributed by atoms with E-state index in [-0.39, 0.29) is 23.7 Å². The van der Waals surface area contributed by atoms with E-state index in [1.54, 1.807) is 24.3 Å². The fourth-order valence-electron chi connectivity index (χ4n) is 6.27. The number of hydrogen-bond acceptors (Lipinski definition) is 7. The van der Waals surface area contributed by atoms with E-state index in [0.717, 1.165) is 11.1 Å². The molecule has 208 valence electrons. The molecule has 0 spiro atoms. The number of nitrogens with one attached hydrogen (secondary N) is 1. The molecule has 2 aliphatic heterocycles. The molecule has 4 atom stereocenters. The average Bonchev–Trinajstić information content (AvgIpc) is 3.43. The lowest BCUT2D eigenvalue weighted by atomic mass is 9.76. The largest absolute Gasteiger partial charge is 0.508 e. The fourth-order valence-corrected chi connectivity index (χ4v) is 6.27. The Bertz CT molecular complexity index is 1460. The molecule has 0 aliphatic carbocycles. The van der Waals surface area contributed by atoms with Gasteiger partial charge in [0.05, 0.1) is 24.6 Å². The molecular formula is C31H32N2O7. The van der Waals surface area contributed by atoms with E-state index in [1.165, 1.54) is 30.2 Å². The van der Waals surface area contributed by atoms with Crippen LogP contribution in [0.5, 0.6) is 17.2 Å². The van der Waals surface area contributed by atoms with Gasteiger partial charge in [0, 0.05) is 12.5 Å². The molecule has 0 radical (unpaired) electrons. The number of fused-ring (bicyclic) bond motifs is 1. The molecule has 9 nitrogen and oxygen atoms in total. The molecule has 3 aromatic carbocycles. The van der Waals surface area contributed by atoms with Crippen molar-refractivity contribution in [3.63, 3.8) is 0 Å². The number of imide groups is 1. The molecule has 0 aromatic heterocycles. The van der Waals surface area contributed by atoms with Crippen LogP contribution in [0.15, 0.2) is 60.7 Å². The van der Waals surface area contributed by atoms with Gasteiger partial charge in [0.15, 0.2) is 11.5 Å². The third-order valence-corrected chi connectivity index (χ3v) is 8.21. The summed E-state index contributed by atoms with van der Waals surface area (Å²) in [6.45, 7) is 3.90. The maximum atomic E-state index is 14.3. The van der Waals surface area contributed by atoms with E-state index in [2.05, 4.69) is 5.32 Å². The molecule has 2 saturated heterocycles. The van der Waals surface area contributed by atoms with Crippen molar-refractivity contribution in [1.82, 2.24) is 5.32 Å². The van der Waals surface area contributed by atoms with Crippen LogP contribution in [0.25, 0.3) is 0 Å². The number of carbonyl (C=O) groups excluding carboxylic acids is 2. The van der Waals surface area contributed by atoms with Crippen molar-refractivity contribution < 1.29 is 34.4 Å². The number of ether oxygens (including phenoxy) is 1. The molecule has 2 fully saturated rings. The Balaban J connectivity index is 1.71. The molecule has 5 rings (SSSR count). The summed E-state index contributed by atoms with van der Waals surface area (Å²) in [5.74, 6) is -4.44. The van der Waals surface area contributed by atoms with Gasteiger partial charge in [0.1, 0.15) is 11.3 Å². The minimum Gasteiger partial charge on any atom is -0.508 e. The Morgan fingerprint density at radius 1 is 0.975 bits per heavy atom. The molecular weight excluding hydrogens is 512 g/mol. The molecule has 40 heavy (non-hydrogen) atoms. The van der Waals surface area contributed by atoms with Crippen LogP contribution in [0, 0.1) is 11.8 Å². The monoisotopic (exact) mass is 544 g/mol. The topological polar surface area (TPSA) is 136 Å². The minimum atomic E-state index is -1.83. The quantitative estimate of drug-likeness (QED) is 0.315. The van der Waals surface area contributed by atoms with Gasteiger partial charge in [-0.15, -0.1) is 0 Å². The van der Waals surface area contributed by atoms with Crippen LogP contribution in [0.3, 0.4) is 0 Å². The lowest BCUT2D eigenvalue weighted by molar-refractivity contribution is -0.148. The highest BCUT2D eigenvalue weighted by molar-refractivity contribution is 6.25. The second-order valence-corrected chi connectivity index (χ2v) is 10.3. The number of carboxylic acids is 1. The number of carboxylic acid groups (broad SMARTS) is 1. The highest BCUT2D eigenvalue weighted by Crippen LogP contribution is 2.52. The summed E-state index contributed by atoms with van der Waals surface area (Å²) in [4.78, 5) is 43.0. The summed E-state index contributed by atoms with van der Waals surface area (Å²) in [5.41, 5.74) is 1.46. The van der Waals surface area contributed by atoms with Crippen LogP contribution < -0.4 is 15.0 Å². The number of amides is 2. The number of anilines is 1. The minimum absolute atomic E-state index is 0.0287. The third-order valence-electron chi connectivity index (χ3n) is 8.21. The van der Waals surface area contributed by atoms with Gasteiger partial charge in [0.25, 0.3) is 0 Å². The number of para-hydroxylation sites is 1. The highest BCUT2D eigenvalue weighted by atomic mass is 16.5. The van der Waals surface area contributed by atoms with E-state index < -0.39 is 41.2 Å². The maximum absolute atomic E-state index is 14.3. The van der Waals surface area contributed by atoms with Crippen LogP contribution in [-0.2, 0) is 33.6 Å². The van der Waals surface area contributed by atoms with Crippen LogP contribution in [0.4, 0.5) is 5.69 Å². The summed E-state index contributed by atoms with van der Waals surface area (Å²) in [6, 6.07) is 15.5. The zero-order valence-corrected chi connectivity index (χ0v) is 22.5. The molecule has 4 unspecified atom stereocenters. The molecule has 2 amide bonds. The number of aliphatic carboxylic acids is 1. The van der Waals surface area contributed by atoms with E-state index in [4.69, 9.17) is 4.74 Å². The number of methoxy groups -OCH3 is 1. The van der Waals surface area contributed by atoms with Gasteiger partial charge in [-0.25, -0.2) is 4.90 Å². The molecule has 0 saturated carbocycles. The Morgan fingerprint density at radius 2 is 1.62 bits per heavy atom.